The summed E-state index contributed by atoms with van der Waals surface area (Å²) in [7, 11) is 8.35. The highest BCUT2D eigenvalue weighted by atomic mass is 15.1. The lowest BCUT2D eigenvalue weighted by molar-refractivity contribution is 0.320. The van der Waals surface area contributed by atoms with Gasteiger partial charge in [0.1, 0.15) is 0 Å². The predicted molar refractivity (Wildman–Crippen MR) is 63.6 cm³/mol. The molecule has 0 amide bonds. The molecular weight excluding hydrogens is 172 g/mol. The average Bonchev–Trinajstić information content (AvgIpc) is 2.18. The summed E-state index contributed by atoms with van der Waals surface area (Å²) >= 11 is 0. The lowest BCUT2D eigenvalue weighted by atomic mass is 10.4. The summed E-state index contributed by atoms with van der Waals surface area (Å²) in [6.07, 6.45) is 0. The van der Waals surface area contributed by atoms with E-state index in [-0.39, 0.29) is 0 Å². The second-order valence-corrected chi connectivity index (χ2v) is 3.76. The Labute approximate surface area is 88.1 Å². The van der Waals surface area contributed by atoms with Gasteiger partial charge in [0, 0.05) is 13.1 Å². The van der Waals surface area contributed by atoms with Gasteiger partial charge in [0.2, 0.25) is 0 Å². The molecule has 0 aliphatic heterocycles. The summed E-state index contributed by atoms with van der Waals surface area (Å²) in [6.45, 7) is 2.29. The van der Waals surface area contributed by atoms with Gasteiger partial charge in [-0.1, -0.05) is 36.4 Å². The van der Waals surface area contributed by atoms with Gasteiger partial charge in [-0.25, -0.2) is 0 Å². The molecule has 0 saturated heterocycles. The summed E-state index contributed by atoms with van der Waals surface area (Å²) in [6, 6.07) is 12.0. The van der Waals surface area contributed by atoms with Crippen LogP contribution < -0.4 is 0 Å². The zero-order valence-electron chi connectivity index (χ0n) is 9.77. The molecule has 2 nitrogen and oxygen atoms in total. The number of nitrogens with zero attached hydrogens (tertiary/aromatic N) is 2. The Hall–Kier alpha value is -0.860. The van der Waals surface area contributed by atoms with Gasteiger partial charge >= 0.3 is 0 Å². The molecule has 1 aromatic carbocycles. The standard InChI is InChI=1S/C6H16N2.C6H6/c1-7(2)5-6-8(3)4;1-2-4-6-5-3-1/h5-6H2,1-4H3;1-6H. The third kappa shape index (κ3) is 11.1. The third-order valence-electron chi connectivity index (χ3n) is 1.66. The Morgan fingerprint density at radius 1 is 0.571 bits per heavy atom. The van der Waals surface area contributed by atoms with Crippen LogP contribution in [0.3, 0.4) is 0 Å². The molecule has 80 valence electrons. The summed E-state index contributed by atoms with van der Waals surface area (Å²) in [4.78, 5) is 4.36. The van der Waals surface area contributed by atoms with Gasteiger partial charge in [-0.2, -0.15) is 0 Å². The van der Waals surface area contributed by atoms with Crippen LogP contribution in [0.25, 0.3) is 0 Å². The quantitative estimate of drug-likeness (QED) is 0.724. The van der Waals surface area contributed by atoms with Crippen LogP contribution in [0.5, 0.6) is 0 Å². The summed E-state index contributed by atoms with van der Waals surface area (Å²) in [5.74, 6) is 0. The van der Waals surface area contributed by atoms with Crippen molar-refractivity contribution in [2.45, 2.75) is 0 Å². The van der Waals surface area contributed by atoms with E-state index in [4.69, 9.17) is 0 Å². The van der Waals surface area contributed by atoms with E-state index in [1.165, 1.54) is 0 Å². The molecule has 0 radical (unpaired) electrons. The number of likely N-dealkylation sites (N-methyl/N-ethyl adjacent to an activating group) is 2. The summed E-state index contributed by atoms with van der Waals surface area (Å²) in [5, 5.41) is 0. The van der Waals surface area contributed by atoms with Crippen molar-refractivity contribution in [3.63, 3.8) is 0 Å². The summed E-state index contributed by atoms with van der Waals surface area (Å²) < 4.78 is 0. The minimum absolute atomic E-state index is 1.15. The van der Waals surface area contributed by atoms with E-state index in [9.17, 15) is 0 Å². The predicted octanol–water partition coefficient (Wildman–Crippen LogP) is 1.80. The molecule has 0 aliphatic rings. The largest absolute Gasteiger partial charge is 0.308 e. The van der Waals surface area contributed by atoms with Gasteiger partial charge in [0.25, 0.3) is 0 Å². The minimum Gasteiger partial charge on any atom is -0.308 e. The normalized spacial score (nSPS) is 9.86. The molecule has 0 fully saturated rings. The van der Waals surface area contributed by atoms with E-state index in [1.807, 2.05) is 36.4 Å². The first-order chi connectivity index (χ1) is 6.63. The smallest absolute Gasteiger partial charge is 0.0103 e. The number of benzene rings is 1. The van der Waals surface area contributed by atoms with Crippen LogP contribution in [-0.4, -0.2) is 51.1 Å². The van der Waals surface area contributed by atoms with Crippen molar-refractivity contribution in [1.82, 2.24) is 9.80 Å². The zero-order valence-corrected chi connectivity index (χ0v) is 9.77. The molecule has 0 aliphatic carbocycles. The first-order valence-corrected chi connectivity index (χ1v) is 4.92. The first kappa shape index (κ1) is 13.1. The molecule has 0 N–H and O–H groups in total. The number of hydrogen-bond donors (Lipinski definition) is 0. The van der Waals surface area contributed by atoms with Crippen LogP contribution in [0.2, 0.25) is 0 Å². The van der Waals surface area contributed by atoms with E-state index in [1.54, 1.807) is 0 Å². The Bertz CT molecular complexity index is 160. The molecule has 0 heterocycles. The van der Waals surface area contributed by atoms with Crippen LogP contribution in [0.1, 0.15) is 0 Å². The van der Waals surface area contributed by atoms with Gasteiger partial charge in [-0.15, -0.1) is 0 Å². The Morgan fingerprint density at radius 2 is 0.786 bits per heavy atom. The number of rotatable bonds is 3. The molecule has 0 saturated carbocycles. The van der Waals surface area contributed by atoms with Crippen LogP contribution in [0.4, 0.5) is 0 Å². The van der Waals surface area contributed by atoms with Crippen LogP contribution in [-0.2, 0) is 0 Å². The van der Waals surface area contributed by atoms with Gasteiger partial charge in [0.15, 0.2) is 0 Å². The van der Waals surface area contributed by atoms with Gasteiger partial charge in [-0.05, 0) is 28.2 Å². The zero-order chi connectivity index (χ0) is 10.8. The van der Waals surface area contributed by atoms with Crippen molar-refractivity contribution in [2.75, 3.05) is 41.3 Å². The Balaban J connectivity index is 0.000000249. The van der Waals surface area contributed by atoms with Crippen molar-refractivity contribution in [3.05, 3.63) is 36.4 Å². The molecule has 14 heavy (non-hydrogen) atoms. The fourth-order valence-corrected chi connectivity index (χ4v) is 0.785. The fraction of sp³-hybridized carbons (Fsp3) is 0.500. The Kier molecular flexibility index (Phi) is 8.19. The van der Waals surface area contributed by atoms with Gasteiger partial charge in [-0.3, -0.25) is 0 Å². The van der Waals surface area contributed by atoms with E-state index < -0.39 is 0 Å². The molecule has 1 aromatic rings. The summed E-state index contributed by atoms with van der Waals surface area (Å²) in [5.41, 5.74) is 0. The maximum Gasteiger partial charge on any atom is 0.0103 e. The van der Waals surface area contributed by atoms with E-state index >= 15 is 0 Å². The molecule has 2 heteroatoms. The highest BCUT2D eigenvalue weighted by Crippen LogP contribution is 1.80. The lowest BCUT2D eigenvalue weighted by Gasteiger charge is -2.13. The SMILES string of the molecule is CN(C)CCN(C)C.c1ccccc1. The van der Waals surface area contributed by atoms with E-state index in [0.29, 0.717) is 0 Å². The van der Waals surface area contributed by atoms with Crippen molar-refractivity contribution in [1.29, 1.82) is 0 Å². The van der Waals surface area contributed by atoms with Crippen LogP contribution in [0, 0.1) is 0 Å². The van der Waals surface area contributed by atoms with E-state index in [2.05, 4.69) is 38.0 Å². The van der Waals surface area contributed by atoms with Gasteiger partial charge in [0.05, 0.1) is 0 Å². The first-order valence-electron chi connectivity index (χ1n) is 4.92. The molecule has 0 spiro atoms. The average molecular weight is 194 g/mol. The molecule has 0 bridgehead atoms. The number of hydrogen-bond acceptors (Lipinski definition) is 2. The highest BCUT2D eigenvalue weighted by molar-refractivity contribution is 4.99. The lowest BCUT2D eigenvalue weighted by Crippen LogP contribution is -2.25. The Morgan fingerprint density at radius 3 is 0.929 bits per heavy atom. The molecule has 1 rings (SSSR count). The van der Waals surface area contributed by atoms with Crippen molar-refractivity contribution in [2.24, 2.45) is 0 Å². The maximum atomic E-state index is 2.18. The molecule has 0 atom stereocenters. The van der Waals surface area contributed by atoms with Crippen molar-refractivity contribution >= 4 is 0 Å². The van der Waals surface area contributed by atoms with Crippen molar-refractivity contribution in [3.8, 4) is 0 Å². The minimum atomic E-state index is 1.15. The molecule has 0 aromatic heterocycles. The highest BCUT2D eigenvalue weighted by Gasteiger charge is 1.89. The molecule has 0 unspecified atom stereocenters. The van der Waals surface area contributed by atoms with Crippen LogP contribution in [0.15, 0.2) is 36.4 Å². The monoisotopic (exact) mass is 194 g/mol. The maximum absolute atomic E-state index is 2.18. The fourth-order valence-electron chi connectivity index (χ4n) is 0.785. The van der Waals surface area contributed by atoms with Crippen molar-refractivity contribution < 1.29 is 0 Å². The second kappa shape index (κ2) is 8.73. The molecular formula is C12H22N2. The van der Waals surface area contributed by atoms with E-state index in [0.717, 1.165) is 13.1 Å². The second-order valence-electron chi connectivity index (χ2n) is 3.76. The topological polar surface area (TPSA) is 6.48 Å². The third-order valence-corrected chi connectivity index (χ3v) is 1.66. The van der Waals surface area contributed by atoms with Gasteiger partial charge < -0.3 is 9.80 Å². The van der Waals surface area contributed by atoms with Crippen LogP contribution >= 0.6 is 0 Å².